The van der Waals surface area contributed by atoms with E-state index >= 15 is 0 Å². The van der Waals surface area contributed by atoms with Gasteiger partial charge in [0.1, 0.15) is 0 Å². The lowest BCUT2D eigenvalue weighted by atomic mass is 9.88. The average Bonchev–Trinajstić information content (AvgIpc) is 2.47. The lowest BCUT2D eigenvalue weighted by Crippen LogP contribution is -2.30. The largest absolute Gasteiger partial charge is 0.504 e. The van der Waals surface area contributed by atoms with Crippen molar-refractivity contribution in [3.63, 3.8) is 0 Å². The quantitative estimate of drug-likeness (QED) is 0.804. The highest BCUT2D eigenvalue weighted by atomic mass is 16.5. The second-order valence-corrected chi connectivity index (χ2v) is 6.80. The number of benzene rings is 2. The summed E-state index contributed by atoms with van der Waals surface area (Å²) in [7, 11) is 0. The van der Waals surface area contributed by atoms with Crippen LogP contribution in [0.15, 0.2) is 29.8 Å². The summed E-state index contributed by atoms with van der Waals surface area (Å²) in [5.41, 5.74) is 3.43. The van der Waals surface area contributed by atoms with E-state index in [1.165, 1.54) is 0 Å². The second-order valence-electron chi connectivity index (χ2n) is 6.80. The third kappa shape index (κ3) is 2.40. The molecule has 120 valence electrons. The zero-order valence-corrected chi connectivity index (χ0v) is 14.2. The van der Waals surface area contributed by atoms with E-state index in [1.807, 2.05) is 58.9 Å². The Balaban J connectivity index is 2.38. The van der Waals surface area contributed by atoms with Gasteiger partial charge in [0, 0.05) is 16.5 Å². The van der Waals surface area contributed by atoms with Gasteiger partial charge in [-0.15, -0.1) is 0 Å². The second kappa shape index (κ2) is 5.41. The van der Waals surface area contributed by atoms with Gasteiger partial charge < -0.3 is 9.84 Å². The number of aryl methyl sites for hydroxylation is 1. The summed E-state index contributed by atoms with van der Waals surface area (Å²) in [6, 6.07) is 5.91. The van der Waals surface area contributed by atoms with E-state index < -0.39 is 6.10 Å². The molecule has 1 heterocycles. The molecule has 1 atom stereocenters. The van der Waals surface area contributed by atoms with Gasteiger partial charge in [-0.3, -0.25) is 4.79 Å². The van der Waals surface area contributed by atoms with Crippen LogP contribution in [0.25, 0.3) is 10.8 Å². The number of ketones is 1. The molecule has 3 nitrogen and oxygen atoms in total. The van der Waals surface area contributed by atoms with Crippen LogP contribution in [0.3, 0.4) is 0 Å². The normalized spacial score (nSPS) is 16.6. The SMILES string of the molecule is CC(C)=CC1Oc2c(O)c(C(C)C)cc3ccc(C)c(c23)C1=O. The van der Waals surface area contributed by atoms with E-state index in [2.05, 4.69) is 0 Å². The molecule has 23 heavy (non-hydrogen) atoms. The predicted molar refractivity (Wildman–Crippen MR) is 92.6 cm³/mol. The fourth-order valence-electron chi connectivity index (χ4n) is 3.18. The molecule has 0 aliphatic carbocycles. The van der Waals surface area contributed by atoms with Gasteiger partial charge in [0.05, 0.1) is 0 Å². The van der Waals surface area contributed by atoms with Gasteiger partial charge in [-0.2, -0.15) is 0 Å². The summed E-state index contributed by atoms with van der Waals surface area (Å²) in [6.45, 7) is 9.86. The zero-order chi connectivity index (χ0) is 16.9. The number of phenolic OH excluding ortho intramolecular Hbond substituents is 1. The van der Waals surface area contributed by atoms with E-state index in [0.717, 1.165) is 27.5 Å². The number of ether oxygens (including phenoxy) is 1. The first kappa shape index (κ1) is 15.6. The summed E-state index contributed by atoms with van der Waals surface area (Å²) in [4.78, 5) is 12.8. The number of carbonyl (C=O) groups is 1. The number of Topliss-reactive ketones (excluding diaryl/α,β-unsaturated/α-hetero) is 1. The van der Waals surface area contributed by atoms with Gasteiger partial charge >= 0.3 is 0 Å². The molecule has 0 fully saturated rings. The van der Waals surface area contributed by atoms with Crippen LogP contribution in [-0.4, -0.2) is 17.0 Å². The van der Waals surface area contributed by atoms with Crippen LogP contribution in [0, 0.1) is 6.92 Å². The van der Waals surface area contributed by atoms with E-state index in [0.29, 0.717) is 11.3 Å². The van der Waals surface area contributed by atoms with Crippen molar-refractivity contribution in [2.75, 3.05) is 0 Å². The van der Waals surface area contributed by atoms with Crippen LogP contribution < -0.4 is 4.74 Å². The number of carbonyl (C=O) groups excluding carboxylic acids is 1. The Hall–Kier alpha value is -2.29. The van der Waals surface area contributed by atoms with Crippen LogP contribution >= 0.6 is 0 Å². The van der Waals surface area contributed by atoms with Crippen molar-refractivity contribution in [1.29, 1.82) is 0 Å². The van der Waals surface area contributed by atoms with Crippen molar-refractivity contribution in [2.45, 2.75) is 46.6 Å². The van der Waals surface area contributed by atoms with Gasteiger partial charge in [-0.25, -0.2) is 0 Å². The highest BCUT2D eigenvalue weighted by Gasteiger charge is 2.33. The molecule has 0 aromatic heterocycles. The minimum atomic E-state index is -0.676. The number of allylic oxidation sites excluding steroid dienone is 1. The molecule has 0 saturated heterocycles. The minimum Gasteiger partial charge on any atom is -0.504 e. The Labute approximate surface area is 136 Å². The Morgan fingerprint density at radius 3 is 2.61 bits per heavy atom. The Morgan fingerprint density at radius 2 is 2.00 bits per heavy atom. The summed E-state index contributed by atoms with van der Waals surface area (Å²) < 4.78 is 5.93. The minimum absolute atomic E-state index is 0.0431. The molecule has 3 rings (SSSR count). The van der Waals surface area contributed by atoms with Crippen LogP contribution in [0.5, 0.6) is 11.5 Å². The summed E-state index contributed by atoms with van der Waals surface area (Å²) in [6.07, 6.45) is 1.13. The number of hydrogen-bond acceptors (Lipinski definition) is 3. The summed E-state index contributed by atoms with van der Waals surface area (Å²) in [5, 5.41) is 12.4. The molecule has 3 heteroatoms. The Kier molecular flexibility index (Phi) is 3.67. The predicted octanol–water partition coefficient (Wildman–Crippen LogP) is 4.89. The van der Waals surface area contributed by atoms with Crippen molar-refractivity contribution in [3.05, 3.63) is 46.5 Å². The van der Waals surface area contributed by atoms with E-state index in [1.54, 1.807) is 0 Å². The maximum Gasteiger partial charge on any atom is 0.208 e. The molecular weight excluding hydrogens is 288 g/mol. The van der Waals surface area contributed by atoms with E-state index in [-0.39, 0.29) is 17.5 Å². The highest BCUT2D eigenvalue weighted by molar-refractivity contribution is 6.16. The molecule has 1 aliphatic heterocycles. The van der Waals surface area contributed by atoms with Crippen molar-refractivity contribution >= 4 is 16.6 Å². The highest BCUT2D eigenvalue weighted by Crippen LogP contribution is 2.46. The third-order valence-electron chi connectivity index (χ3n) is 4.33. The van der Waals surface area contributed by atoms with Gasteiger partial charge in [0.2, 0.25) is 5.78 Å². The molecule has 0 saturated carbocycles. The van der Waals surface area contributed by atoms with Crippen molar-refractivity contribution in [2.24, 2.45) is 0 Å². The Morgan fingerprint density at radius 1 is 1.30 bits per heavy atom. The molecule has 1 aliphatic rings. The zero-order valence-electron chi connectivity index (χ0n) is 14.2. The summed E-state index contributed by atoms with van der Waals surface area (Å²) >= 11 is 0. The van der Waals surface area contributed by atoms with Crippen molar-refractivity contribution in [3.8, 4) is 11.5 Å². The van der Waals surface area contributed by atoms with Crippen LogP contribution in [-0.2, 0) is 0 Å². The van der Waals surface area contributed by atoms with Crippen molar-refractivity contribution in [1.82, 2.24) is 0 Å². The van der Waals surface area contributed by atoms with Gasteiger partial charge in [-0.05, 0) is 49.8 Å². The van der Waals surface area contributed by atoms with E-state index in [4.69, 9.17) is 4.74 Å². The van der Waals surface area contributed by atoms with Crippen LogP contribution in [0.4, 0.5) is 0 Å². The number of phenols is 1. The molecule has 1 N–H and O–H groups in total. The maximum absolute atomic E-state index is 12.8. The number of rotatable bonds is 2. The monoisotopic (exact) mass is 310 g/mol. The number of aromatic hydroxyl groups is 1. The first-order valence-electron chi connectivity index (χ1n) is 7.96. The molecule has 1 unspecified atom stereocenters. The van der Waals surface area contributed by atoms with E-state index in [9.17, 15) is 9.90 Å². The Bertz CT molecular complexity index is 840. The molecule has 0 amide bonds. The summed E-state index contributed by atoms with van der Waals surface area (Å²) in [5.74, 6) is 0.716. The van der Waals surface area contributed by atoms with Gasteiger partial charge in [0.15, 0.2) is 17.6 Å². The lowest BCUT2D eigenvalue weighted by molar-refractivity contribution is 0.0838. The third-order valence-corrected chi connectivity index (χ3v) is 4.33. The molecular formula is C20H22O3. The fourth-order valence-corrected chi connectivity index (χ4v) is 3.18. The molecule has 2 aromatic rings. The molecule has 0 radical (unpaired) electrons. The standard InChI is InChI=1S/C20H22O3/c1-10(2)8-15-19(22)16-12(5)6-7-13-9-14(11(3)4)18(21)20(23-15)17(13)16/h6-9,11,15,21H,1-5H3. The first-order valence-corrected chi connectivity index (χ1v) is 7.96. The lowest BCUT2D eigenvalue weighted by Gasteiger charge is -2.27. The van der Waals surface area contributed by atoms with Gasteiger partial charge in [0.25, 0.3) is 0 Å². The molecule has 0 spiro atoms. The number of hydrogen-bond donors (Lipinski definition) is 1. The molecule has 0 bridgehead atoms. The van der Waals surface area contributed by atoms with Crippen LogP contribution in [0.2, 0.25) is 0 Å². The fraction of sp³-hybridized carbons (Fsp3) is 0.350. The smallest absolute Gasteiger partial charge is 0.208 e. The first-order chi connectivity index (χ1) is 10.8. The molecule has 2 aromatic carbocycles. The average molecular weight is 310 g/mol. The van der Waals surface area contributed by atoms with Crippen LogP contribution in [0.1, 0.15) is 55.1 Å². The topological polar surface area (TPSA) is 46.5 Å². The van der Waals surface area contributed by atoms with Crippen molar-refractivity contribution < 1.29 is 14.6 Å². The maximum atomic E-state index is 12.8. The van der Waals surface area contributed by atoms with Gasteiger partial charge in [-0.1, -0.05) is 31.6 Å².